The summed E-state index contributed by atoms with van der Waals surface area (Å²) in [6.07, 6.45) is 0.972. The van der Waals surface area contributed by atoms with Crippen molar-refractivity contribution in [2.45, 2.75) is 36.5 Å². The molecule has 3 heteroatoms. The van der Waals surface area contributed by atoms with E-state index in [0.717, 1.165) is 10.9 Å². The van der Waals surface area contributed by atoms with Gasteiger partial charge in [-0.15, -0.1) is 11.8 Å². The van der Waals surface area contributed by atoms with Gasteiger partial charge in [-0.25, -0.2) is 0 Å². The maximum Gasteiger partial charge on any atom is 0.0495 e. The molecule has 0 saturated carbocycles. The highest BCUT2D eigenvalue weighted by molar-refractivity contribution is 9.10. The van der Waals surface area contributed by atoms with Crippen LogP contribution in [0.15, 0.2) is 57.9 Å². The van der Waals surface area contributed by atoms with Gasteiger partial charge in [0.2, 0.25) is 0 Å². The zero-order valence-corrected chi connectivity index (χ0v) is 14.2. The molecule has 0 fully saturated rings. The molecule has 0 saturated heterocycles. The highest BCUT2D eigenvalue weighted by Crippen LogP contribution is 2.38. The van der Waals surface area contributed by atoms with Gasteiger partial charge < -0.3 is 5.73 Å². The van der Waals surface area contributed by atoms with Gasteiger partial charge in [0.15, 0.2) is 0 Å². The first-order valence-corrected chi connectivity index (χ1v) is 8.51. The van der Waals surface area contributed by atoms with Crippen molar-refractivity contribution in [3.05, 3.63) is 64.1 Å². The van der Waals surface area contributed by atoms with Gasteiger partial charge in [0.25, 0.3) is 0 Å². The lowest BCUT2D eigenvalue weighted by atomic mass is 10.0. The fourth-order valence-corrected chi connectivity index (χ4v) is 3.54. The number of hydrogen-bond donors (Lipinski definition) is 1. The Morgan fingerprint density at radius 3 is 2.20 bits per heavy atom. The quantitative estimate of drug-likeness (QED) is 0.738. The van der Waals surface area contributed by atoms with Crippen molar-refractivity contribution >= 4 is 27.7 Å². The minimum Gasteiger partial charge on any atom is -0.326 e. The summed E-state index contributed by atoms with van der Waals surface area (Å²) in [7, 11) is 0. The molecule has 0 bridgehead atoms. The average molecular weight is 350 g/mol. The van der Waals surface area contributed by atoms with Crippen molar-refractivity contribution in [3.8, 4) is 0 Å². The molecule has 0 aliphatic rings. The van der Waals surface area contributed by atoms with Crippen molar-refractivity contribution in [1.82, 2.24) is 0 Å². The van der Waals surface area contributed by atoms with E-state index < -0.39 is 0 Å². The standard InChI is InChI=1S/C17H20BrNS/c1-3-16(19)17(13-6-8-14(18)9-7-13)20-15-10-4-12(2)5-11-15/h4-11,16-17H,3,19H2,1-2H3. The molecule has 2 N–H and O–H groups in total. The summed E-state index contributed by atoms with van der Waals surface area (Å²) in [5.74, 6) is 0. The Kier molecular flexibility index (Phi) is 5.70. The molecule has 2 unspecified atom stereocenters. The second-order valence-electron chi connectivity index (χ2n) is 4.98. The number of aryl methyl sites for hydroxylation is 1. The van der Waals surface area contributed by atoms with Crippen LogP contribution in [0.4, 0.5) is 0 Å². The number of nitrogens with two attached hydrogens (primary N) is 1. The number of halogens is 1. The maximum absolute atomic E-state index is 6.33. The lowest BCUT2D eigenvalue weighted by molar-refractivity contribution is 0.634. The Balaban J connectivity index is 2.23. The van der Waals surface area contributed by atoms with E-state index in [1.807, 2.05) is 11.8 Å². The van der Waals surface area contributed by atoms with Gasteiger partial charge in [-0.2, -0.15) is 0 Å². The molecule has 0 amide bonds. The molecule has 0 aliphatic heterocycles. The van der Waals surface area contributed by atoms with E-state index in [1.54, 1.807) is 0 Å². The van der Waals surface area contributed by atoms with Crippen molar-refractivity contribution in [2.24, 2.45) is 5.73 Å². The zero-order valence-electron chi connectivity index (χ0n) is 11.8. The van der Waals surface area contributed by atoms with Crippen LogP contribution in [0.3, 0.4) is 0 Å². The molecule has 0 radical (unpaired) electrons. The lowest BCUT2D eigenvalue weighted by Gasteiger charge is -2.23. The van der Waals surface area contributed by atoms with Crippen LogP contribution >= 0.6 is 27.7 Å². The summed E-state index contributed by atoms with van der Waals surface area (Å²) < 4.78 is 1.10. The van der Waals surface area contributed by atoms with Crippen LogP contribution < -0.4 is 5.73 Å². The van der Waals surface area contributed by atoms with Gasteiger partial charge in [-0.05, 0) is 43.2 Å². The molecule has 2 aromatic rings. The Bertz CT molecular complexity index is 536. The van der Waals surface area contributed by atoms with Crippen LogP contribution in [-0.4, -0.2) is 6.04 Å². The SMILES string of the molecule is CCC(N)C(Sc1ccc(C)cc1)c1ccc(Br)cc1. The molecule has 0 heterocycles. The van der Waals surface area contributed by atoms with Gasteiger partial charge in [0.05, 0.1) is 0 Å². The summed E-state index contributed by atoms with van der Waals surface area (Å²) in [5.41, 5.74) is 8.90. The fourth-order valence-electron chi connectivity index (χ4n) is 2.03. The third kappa shape index (κ3) is 4.11. The van der Waals surface area contributed by atoms with E-state index in [1.165, 1.54) is 16.0 Å². The largest absolute Gasteiger partial charge is 0.326 e. The zero-order chi connectivity index (χ0) is 14.5. The summed E-state index contributed by atoms with van der Waals surface area (Å²) in [4.78, 5) is 1.27. The van der Waals surface area contributed by atoms with Crippen LogP contribution in [0.2, 0.25) is 0 Å². The molecule has 0 aromatic heterocycles. The van der Waals surface area contributed by atoms with E-state index in [2.05, 4.69) is 78.3 Å². The number of rotatable bonds is 5. The van der Waals surface area contributed by atoms with E-state index in [-0.39, 0.29) is 11.3 Å². The second kappa shape index (κ2) is 7.30. The van der Waals surface area contributed by atoms with Crippen molar-refractivity contribution in [3.63, 3.8) is 0 Å². The smallest absolute Gasteiger partial charge is 0.0495 e. The fraction of sp³-hybridized carbons (Fsp3) is 0.294. The second-order valence-corrected chi connectivity index (χ2v) is 7.11. The summed E-state index contributed by atoms with van der Waals surface area (Å²) in [5, 5.41) is 0.288. The van der Waals surface area contributed by atoms with Gasteiger partial charge in [-0.1, -0.05) is 52.7 Å². The minimum atomic E-state index is 0.155. The van der Waals surface area contributed by atoms with E-state index in [4.69, 9.17) is 5.73 Å². The molecular weight excluding hydrogens is 330 g/mol. The first-order chi connectivity index (χ1) is 9.60. The summed E-state index contributed by atoms with van der Waals surface area (Å²) >= 11 is 5.33. The summed E-state index contributed by atoms with van der Waals surface area (Å²) in [6, 6.07) is 17.3. The predicted molar refractivity (Wildman–Crippen MR) is 92.2 cm³/mol. The van der Waals surface area contributed by atoms with Gasteiger partial charge in [0.1, 0.15) is 0 Å². The lowest BCUT2D eigenvalue weighted by Crippen LogP contribution is -2.25. The van der Waals surface area contributed by atoms with E-state index in [0.29, 0.717) is 0 Å². The molecule has 106 valence electrons. The molecule has 1 nitrogen and oxygen atoms in total. The minimum absolute atomic E-state index is 0.155. The van der Waals surface area contributed by atoms with Crippen molar-refractivity contribution in [2.75, 3.05) is 0 Å². The Morgan fingerprint density at radius 2 is 1.65 bits per heavy atom. The van der Waals surface area contributed by atoms with Crippen molar-refractivity contribution in [1.29, 1.82) is 0 Å². The highest BCUT2D eigenvalue weighted by Gasteiger charge is 2.19. The molecule has 2 rings (SSSR count). The normalized spacial score (nSPS) is 14.0. The van der Waals surface area contributed by atoms with Crippen LogP contribution in [0.1, 0.15) is 29.7 Å². The number of hydrogen-bond acceptors (Lipinski definition) is 2. The van der Waals surface area contributed by atoms with Crippen LogP contribution in [0.25, 0.3) is 0 Å². The average Bonchev–Trinajstić information content (AvgIpc) is 2.47. The maximum atomic E-state index is 6.33. The topological polar surface area (TPSA) is 26.0 Å². The predicted octanol–water partition coefficient (Wildman–Crippen LogP) is 5.33. The molecule has 2 atom stereocenters. The van der Waals surface area contributed by atoms with Gasteiger partial charge in [0, 0.05) is 20.7 Å². The van der Waals surface area contributed by atoms with E-state index >= 15 is 0 Å². The Hall–Kier alpha value is -0.770. The van der Waals surface area contributed by atoms with Gasteiger partial charge in [-0.3, -0.25) is 0 Å². The molecule has 20 heavy (non-hydrogen) atoms. The Labute approximate surface area is 134 Å². The summed E-state index contributed by atoms with van der Waals surface area (Å²) in [6.45, 7) is 4.25. The third-order valence-electron chi connectivity index (χ3n) is 3.34. The van der Waals surface area contributed by atoms with E-state index in [9.17, 15) is 0 Å². The van der Waals surface area contributed by atoms with Gasteiger partial charge >= 0.3 is 0 Å². The monoisotopic (exact) mass is 349 g/mol. The first-order valence-electron chi connectivity index (χ1n) is 6.84. The number of thioether (sulfide) groups is 1. The highest BCUT2D eigenvalue weighted by atomic mass is 79.9. The molecule has 2 aromatic carbocycles. The van der Waals surface area contributed by atoms with Crippen LogP contribution in [0.5, 0.6) is 0 Å². The first kappa shape index (κ1) is 15.6. The van der Waals surface area contributed by atoms with Crippen molar-refractivity contribution < 1.29 is 0 Å². The van der Waals surface area contributed by atoms with Crippen LogP contribution in [0, 0.1) is 6.92 Å². The Morgan fingerprint density at radius 1 is 1.05 bits per heavy atom. The van der Waals surface area contributed by atoms with Crippen LogP contribution in [-0.2, 0) is 0 Å². The molecule has 0 aliphatic carbocycles. The third-order valence-corrected chi connectivity index (χ3v) is 5.29. The molecular formula is C17H20BrNS. The number of benzene rings is 2. The molecule has 0 spiro atoms.